The molecule has 2 aromatic heterocycles. The number of ether oxygens (including phenoxy) is 2. The van der Waals surface area contributed by atoms with E-state index >= 15 is 0 Å². The first kappa shape index (κ1) is 21.9. The fourth-order valence-corrected chi connectivity index (χ4v) is 5.04. The average Bonchev–Trinajstić information content (AvgIpc) is 3.32. The molecule has 5 rings (SSSR count). The zero-order valence-electron chi connectivity index (χ0n) is 18.9. The van der Waals surface area contributed by atoms with Crippen molar-refractivity contribution in [2.45, 2.75) is 13.0 Å². The first-order valence-electron chi connectivity index (χ1n) is 10.8. The number of hydrogen-bond donors (Lipinski definition) is 0. The number of benzene rings is 3. The van der Waals surface area contributed by atoms with Crippen LogP contribution in [0.25, 0.3) is 21.0 Å². The zero-order valence-corrected chi connectivity index (χ0v) is 19.7. The van der Waals surface area contributed by atoms with Gasteiger partial charge < -0.3 is 9.47 Å². The first-order chi connectivity index (χ1) is 16.7. The van der Waals surface area contributed by atoms with Gasteiger partial charge in [0.25, 0.3) is 0 Å². The molecule has 0 atom stereocenters. The minimum absolute atomic E-state index is 0.0453. The number of aromatic nitrogens is 2. The van der Waals surface area contributed by atoms with Crippen molar-refractivity contribution in [3.05, 3.63) is 90.3 Å². The summed E-state index contributed by atoms with van der Waals surface area (Å²) in [6, 6.07) is 21.8. The van der Waals surface area contributed by atoms with Gasteiger partial charge in [-0.15, -0.1) is 0 Å². The van der Waals surface area contributed by atoms with E-state index in [9.17, 15) is 4.79 Å². The van der Waals surface area contributed by atoms with Crippen molar-refractivity contribution >= 4 is 43.4 Å². The molecule has 0 aliphatic rings. The van der Waals surface area contributed by atoms with Gasteiger partial charge in [-0.1, -0.05) is 59.9 Å². The van der Waals surface area contributed by atoms with Gasteiger partial charge in [0, 0.05) is 12.4 Å². The Kier molecular flexibility index (Phi) is 6.10. The Morgan fingerprint density at radius 1 is 0.912 bits per heavy atom. The quantitative estimate of drug-likeness (QED) is 0.309. The molecule has 5 aromatic rings. The maximum absolute atomic E-state index is 13.6. The molecule has 0 fully saturated rings. The molecule has 170 valence electrons. The number of pyridine rings is 1. The Morgan fingerprint density at radius 3 is 2.47 bits per heavy atom. The number of amides is 1. The van der Waals surface area contributed by atoms with Crippen LogP contribution in [0.3, 0.4) is 0 Å². The summed E-state index contributed by atoms with van der Waals surface area (Å²) in [5.41, 5.74) is 2.56. The molecule has 2 heterocycles. The van der Waals surface area contributed by atoms with E-state index in [2.05, 4.69) is 29.2 Å². The maximum Gasteiger partial charge on any atom is 0.233 e. The molecule has 0 unspecified atom stereocenters. The summed E-state index contributed by atoms with van der Waals surface area (Å²) in [6.45, 7) is 0.366. The predicted octanol–water partition coefficient (Wildman–Crippen LogP) is 5.64. The summed E-state index contributed by atoms with van der Waals surface area (Å²) in [4.78, 5) is 24.4. The molecule has 7 heteroatoms. The van der Waals surface area contributed by atoms with Crippen LogP contribution in [0.15, 0.2) is 79.1 Å². The third-order valence-corrected chi connectivity index (χ3v) is 6.76. The van der Waals surface area contributed by atoms with E-state index < -0.39 is 0 Å². The summed E-state index contributed by atoms with van der Waals surface area (Å²) >= 11 is 1.42. The molecule has 3 aromatic carbocycles. The van der Waals surface area contributed by atoms with Crippen molar-refractivity contribution in [3.8, 4) is 11.5 Å². The van der Waals surface area contributed by atoms with E-state index in [1.54, 1.807) is 31.5 Å². The molecular weight excluding hydrogens is 446 g/mol. The van der Waals surface area contributed by atoms with E-state index in [0.29, 0.717) is 28.7 Å². The van der Waals surface area contributed by atoms with Gasteiger partial charge >= 0.3 is 0 Å². The fourth-order valence-electron chi connectivity index (χ4n) is 3.95. The van der Waals surface area contributed by atoms with Gasteiger partial charge in [0.05, 0.1) is 27.2 Å². The van der Waals surface area contributed by atoms with Crippen LogP contribution < -0.4 is 14.4 Å². The van der Waals surface area contributed by atoms with Crippen LogP contribution in [-0.4, -0.2) is 30.1 Å². The minimum Gasteiger partial charge on any atom is -0.495 e. The second-order valence-corrected chi connectivity index (χ2v) is 8.82. The Bertz CT molecular complexity index is 1430. The first-order valence-corrected chi connectivity index (χ1v) is 11.7. The number of fused-ring (bicyclic) bond motifs is 2. The van der Waals surface area contributed by atoms with Gasteiger partial charge in [-0.2, -0.15) is 0 Å². The largest absolute Gasteiger partial charge is 0.495 e. The number of anilines is 1. The van der Waals surface area contributed by atoms with Crippen LogP contribution in [0.2, 0.25) is 0 Å². The van der Waals surface area contributed by atoms with Crippen LogP contribution in [0, 0.1) is 0 Å². The number of methoxy groups -OCH3 is 2. The molecule has 0 saturated heterocycles. The fraction of sp³-hybridized carbons (Fsp3) is 0.148. The minimum atomic E-state index is -0.0453. The second-order valence-electron chi connectivity index (χ2n) is 7.84. The van der Waals surface area contributed by atoms with E-state index in [1.807, 2.05) is 42.5 Å². The Balaban J connectivity index is 1.54. The normalized spacial score (nSPS) is 11.0. The molecule has 0 aliphatic heterocycles. The maximum atomic E-state index is 13.6. The highest BCUT2D eigenvalue weighted by Gasteiger charge is 2.23. The smallest absolute Gasteiger partial charge is 0.233 e. The second kappa shape index (κ2) is 9.49. The zero-order chi connectivity index (χ0) is 23.5. The summed E-state index contributed by atoms with van der Waals surface area (Å²) in [5, 5.41) is 2.85. The lowest BCUT2D eigenvalue weighted by Gasteiger charge is -2.20. The van der Waals surface area contributed by atoms with Crippen LogP contribution in [0.5, 0.6) is 11.5 Å². The average molecular weight is 470 g/mol. The number of carbonyl (C=O) groups excluding carboxylic acids is 1. The summed E-state index contributed by atoms with van der Waals surface area (Å²) < 4.78 is 11.9. The summed E-state index contributed by atoms with van der Waals surface area (Å²) in [7, 11) is 3.23. The van der Waals surface area contributed by atoms with Gasteiger partial charge in [-0.3, -0.25) is 14.7 Å². The van der Waals surface area contributed by atoms with Gasteiger partial charge in [-0.05, 0) is 40.1 Å². The molecule has 0 saturated carbocycles. The number of nitrogens with zero attached hydrogens (tertiary/aromatic N) is 3. The van der Waals surface area contributed by atoms with Gasteiger partial charge in [0.2, 0.25) is 5.91 Å². The highest BCUT2D eigenvalue weighted by molar-refractivity contribution is 7.22. The van der Waals surface area contributed by atoms with Gasteiger partial charge in [0.1, 0.15) is 21.7 Å². The van der Waals surface area contributed by atoms with E-state index in [1.165, 1.54) is 11.3 Å². The topological polar surface area (TPSA) is 64.6 Å². The van der Waals surface area contributed by atoms with Crippen LogP contribution in [0.1, 0.15) is 11.1 Å². The Morgan fingerprint density at radius 2 is 1.71 bits per heavy atom. The van der Waals surface area contributed by atoms with Crippen LogP contribution >= 0.6 is 11.3 Å². The SMILES string of the molecule is COc1ccc(OC)c2sc(N(Cc3cccnc3)C(=O)Cc3ccc4ccccc4c3)nc12. The molecule has 0 radical (unpaired) electrons. The monoisotopic (exact) mass is 469 g/mol. The Hall–Kier alpha value is -3.97. The van der Waals surface area contributed by atoms with Crippen molar-refractivity contribution < 1.29 is 14.3 Å². The van der Waals surface area contributed by atoms with Crippen LogP contribution in [0.4, 0.5) is 5.13 Å². The van der Waals surface area contributed by atoms with E-state index in [0.717, 1.165) is 26.6 Å². The lowest BCUT2D eigenvalue weighted by atomic mass is 10.0. The summed E-state index contributed by atoms with van der Waals surface area (Å²) in [5.74, 6) is 1.29. The van der Waals surface area contributed by atoms with Crippen molar-refractivity contribution in [3.63, 3.8) is 0 Å². The van der Waals surface area contributed by atoms with Crippen LogP contribution in [-0.2, 0) is 17.8 Å². The molecule has 1 amide bonds. The molecule has 0 bridgehead atoms. The molecule has 0 aliphatic carbocycles. The molecule has 0 N–H and O–H groups in total. The molecule has 6 nitrogen and oxygen atoms in total. The van der Waals surface area contributed by atoms with Crippen molar-refractivity contribution in [1.82, 2.24) is 9.97 Å². The molecule has 0 spiro atoms. The lowest BCUT2D eigenvalue weighted by Crippen LogP contribution is -2.31. The number of thiazole rings is 1. The third-order valence-electron chi connectivity index (χ3n) is 5.66. The summed E-state index contributed by atoms with van der Waals surface area (Å²) in [6.07, 6.45) is 3.75. The van der Waals surface area contributed by atoms with Gasteiger partial charge in [0.15, 0.2) is 5.13 Å². The van der Waals surface area contributed by atoms with E-state index in [-0.39, 0.29) is 12.3 Å². The highest BCUT2D eigenvalue weighted by Crippen LogP contribution is 2.40. The lowest BCUT2D eigenvalue weighted by molar-refractivity contribution is -0.118. The van der Waals surface area contributed by atoms with Gasteiger partial charge in [-0.25, -0.2) is 4.98 Å². The third kappa shape index (κ3) is 4.30. The number of hydrogen-bond acceptors (Lipinski definition) is 6. The molecular formula is C27H23N3O3S. The molecule has 34 heavy (non-hydrogen) atoms. The number of carbonyl (C=O) groups is 1. The van der Waals surface area contributed by atoms with Crippen molar-refractivity contribution in [2.24, 2.45) is 0 Å². The Labute approximate surface area is 201 Å². The predicted molar refractivity (Wildman–Crippen MR) is 136 cm³/mol. The van der Waals surface area contributed by atoms with E-state index in [4.69, 9.17) is 14.5 Å². The van der Waals surface area contributed by atoms with Crippen molar-refractivity contribution in [2.75, 3.05) is 19.1 Å². The van der Waals surface area contributed by atoms with Crippen molar-refractivity contribution in [1.29, 1.82) is 0 Å². The highest BCUT2D eigenvalue weighted by atomic mass is 32.1. The standard InChI is InChI=1S/C27H23N3O3S/c1-32-22-11-12-23(33-2)26-25(22)29-27(34-26)30(17-19-6-5-13-28-16-19)24(31)15-18-9-10-20-7-3-4-8-21(20)14-18/h3-14,16H,15,17H2,1-2H3. The number of rotatable bonds is 7.